The van der Waals surface area contributed by atoms with Gasteiger partial charge in [0, 0.05) is 21.8 Å². The molecule has 252 valence electrons. The van der Waals surface area contributed by atoms with Crippen molar-refractivity contribution < 1.29 is 0 Å². The van der Waals surface area contributed by atoms with Gasteiger partial charge in [0.1, 0.15) is 0 Å². The van der Waals surface area contributed by atoms with Crippen LogP contribution in [-0.2, 0) is 0 Å². The summed E-state index contributed by atoms with van der Waals surface area (Å²) >= 11 is 0. The molecular formula is C54H31N. The minimum Gasteiger partial charge on any atom is -0.309 e. The molecule has 0 radical (unpaired) electrons. The van der Waals surface area contributed by atoms with Crippen molar-refractivity contribution in [3.63, 3.8) is 0 Å². The van der Waals surface area contributed by atoms with Crippen LogP contribution in [0.3, 0.4) is 0 Å². The fourth-order valence-electron chi connectivity index (χ4n) is 9.97. The standard InChI is InChI=1S/C54H31N/c1-2-11-43(12-3-1)55-49-31-36(41-27-37-19-15-32-7-4-8-33-16-20-38(28-41)52(37)50(32)33)23-24-46(49)48-26-25-45-44(13-6-14-47(45)54(48)55)42-29-39-21-17-34-9-5-10-35-18-22-40(30-42)53(39)51(34)35/h1-31H. The van der Waals surface area contributed by atoms with Crippen molar-refractivity contribution in [2.24, 2.45) is 0 Å². The summed E-state index contributed by atoms with van der Waals surface area (Å²) < 4.78 is 2.49. The number of para-hydroxylation sites is 1. The highest BCUT2D eigenvalue weighted by atomic mass is 15.0. The minimum absolute atomic E-state index is 1.16. The van der Waals surface area contributed by atoms with Crippen LogP contribution in [0, 0.1) is 0 Å². The molecule has 1 heterocycles. The summed E-state index contributed by atoms with van der Waals surface area (Å²) in [4.78, 5) is 0. The SMILES string of the molecule is c1ccc(-n2c3cc(-c4cc5ccc6cccc7ccc(c4)c5c67)ccc3c3ccc4c(-c5cc6ccc7cccc8ccc(c5)c6c78)cccc4c32)cc1. The largest absolute Gasteiger partial charge is 0.309 e. The predicted octanol–water partition coefficient (Wildman–Crippen LogP) is 15.1. The van der Waals surface area contributed by atoms with E-state index < -0.39 is 0 Å². The van der Waals surface area contributed by atoms with Gasteiger partial charge in [0.15, 0.2) is 0 Å². The van der Waals surface area contributed by atoms with Crippen molar-refractivity contribution in [2.75, 3.05) is 0 Å². The lowest BCUT2D eigenvalue weighted by molar-refractivity contribution is 1.19. The summed E-state index contributed by atoms with van der Waals surface area (Å²) in [6.07, 6.45) is 0. The molecule has 1 heteroatoms. The maximum Gasteiger partial charge on any atom is 0.0619 e. The summed E-state index contributed by atoms with van der Waals surface area (Å²) in [5, 5.41) is 20.8. The van der Waals surface area contributed by atoms with Crippen LogP contribution in [0.2, 0.25) is 0 Å². The highest BCUT2D eigenvalue weighted by Gasteiger charge is 2.19. The Labute approximate surface area is 316 Å². The first-order chi connectivity index (χ1) is 27.2. The topological polar surface area (TPSA) is 4.93 Å². The van der Waals surface area contributed by atoms with Crippen molar-refractivity contribution in [3.8, 4) is 27.9 Å². The molecule has 0 amide bonds. The first-order valence-corrected chi connectivity index (χ1v) is 19.2. The molecule has 13 aromatic rings. The molecule has 55 heavy (non-hydrogen) atoms. The van der Waals surface area contributed by atoms with Gasteiger partial charge in [-0.1, -0.05) is 146 Å². The van der Waals surface area contributed by atoms with E-state index in [4.69, 9.17) is 0 Å². The Morgan fingerprint density at radius 3 is 1.35 bits per heavy atom. The van der Waals surface area contributed by atoms with Gasteiger partial charge in [-0.3, -0.25) is 0 Å². The molecule has 0 aliphatic carbocycles. The fraction of sp³-hybridized carbons (Fsp3) is 0. The minimum atomic E-state index is 1.16. The summed E-state index contributed by atoms with van der Waals surface area (Å²) in [6, 6.07) is 70.5. The normalized spacial score (nSPS) is 12.4. The number of rotatable bonds is 3. The van der Waals surface area contributed by atoms with Crippen LogP contribution in [0.1, 0.15) is 0 Å². The van der Waals surface area contributed by atoms with E-state index in [0.717, 1.165) is 5.69 Å². The second kappa shape index (κ2) is 10.7. The van der Waals surface area contributed by atoms with Crippen LogP contribution in [0.4, 0.5) is 0 Å². The van der Waals surface area contributed by atoms with Crippen molar-refractivity contribution in [1.29, 1.82) is 0 Å². The van der Waals surface area contributed by atoms with E-state index in [2.05, 4.69) is 193 Å². The van der Waals surface area contributed by atoms with Crippen LogP contribution < -0.4 is 0 Å². The lowest BCUT2D eigenvalue weighted by Gasteiger charge is -2.15. The summed E-state index contributed by atoms with van der Waals surface area (Å²) in [5.74, 6) is 0. The molecule has 1 nitrogen and oxygen atoms in total. The maximum atomic E-state index is 2.49. The molecule has 0 spiro atoms. The first kappa shape index (κ1) is 29.3. The average molecular weight is 694 g/mol. The second-order valence-electron chi connectivity index (χ2n) is 15.3. The molecule has 0 fully saturated rings. The number of aromatic nitrogens is 1. The van der Waals surface area contributed by atoms with Crippen LogP contribution in [0.5, 0.6) is 0 Å². The van der Waals surface area contributed by atoms with E-state index in [1.54, 1.807) is 0 Å². The molecule has 0 saturated carbocycles. The fourth-order valence-corrected chi connectivity index (χ4v) is 9.97. The van der Waals surface area contributed by atoms with Gasteiger partial charge in [-0.15, -0.1) is 0 Å². The molecular weight excluding hydrogens is 663 g/mol. The lowest BCUT2D eigenvalue weighted by atomic mass is 9.90. The summed E-state index contributed by atoms with van der Waals surface area (Å²) in [7, 11) is 0. The van der Waals surface area contributed by atoms with Crippen molar-refractivity contribution in [1.82, 2.24) is 4.57 Å². The predicted molar refractivity (Wildman–Crippen MR) is 237 cm³/mol. The molecule has 0 atom stereocenters. The van der Waals surface area contributed by atoms with E-state index in [1.165, 1.54) is 119 Å². The van der Waals surface area contributed by atoms with Crippen LogP contribution in [-0.4, -0.2) is 4.57 Å². The van der Waals surface area contributed by atoms with E-state index >= 15 is 0 Å². The Hall–Kier alpha value is -7.22. The van der Waals surface area contributed by atoms with Gasteiger partial charge in [0.2, 0.25) is 0 Å². The molecule has 0 unspecified atom stereocenters. The third-order valence-corrected chi connectivity index (χ3v) is 12.4. The average Bonchev–Trinajstić information content (AvgIpc) is 3.59. The monoisotopic (exact) mass is 693 g/mol. The van der Waals surface area contributed by atoms with Gasteiger partial charge >= 0.3 is 0 Å². The van der Waals surface area contributed by atoms with E-state index in [-0.39, 0.29) is 0 Å². The molecule has 12 aromatic carbocycles. The lowest BCUT2D eigenvalue weighted by Crippen LogP contribution is -1.95. The Morgan fingerprint density at radius 2 is 0.745 bits per heavy atom. The van der Waals surface area contributed by atoms with Crippen LogP contribution >= 0.6 is 0 Å². The first-order valence-electron chi connectivity index (χ1n) is 19.2. The molecule has 1 aromatic heterocycles. The van der Waals surface area contributed by atoms with Crippen molar-refractivity contribution in [2.45, 2.75) is 0 Å². The Morgan fingerprint density at radius 1 is 0.273 bits per heavy atom. The quantitative estimate of drug-likeness (QED) is 0.162. The van der Waals surface area contributed by atoms with Crippen LogP contribution in [0.25, 0.3) is 125 Å². The van der Waals surface area contributed by atoms with Gasteiger partial charge < -0.3 is 4.57 Å². The Bertz CT molecular complexity index is 3570. The smallest absolute Gasteiger partial charge is 0.0619 e. The number of hydrogen-bond donors (Lipinski definition) is 0. The summed E-state index contributed by atoms with van der Waals surface area (Å²) in [6.45, 7) is 0. The number of benzene rings is 12. The zero-order valence-electron chi connectivity index (χ0n) is 29.8. The van der Waals surface area contributed by atoms with Crippen LogP contribution in [0.15, 0.2) is 188 Å². The van der Waals surface area contributed by atoms with Gasteiger partial charge in [0.25, 0.3) is 0 Å². The zero-order valence-corrected chi connectivity index (χ0v) is 29.8. The third-order valence-electron chi connectivity index (χ3n) is 12.4. The van der Waals surface area contributed by atoms with Gasteiger partial charge in [0.05, 0.1) is 11.0 Å². The zero-order chi connectivity index (χ0) is 35.8. The van der Waals surface area contributed by atoms with Gasteiger partial charge in [-0.2, -0.15) is 0 Å². The molecule has 0 aliphatic rings. The van der Waals surface area contributed by atoms with Crippen molar-refractivity contribution in [3.05, 3.63) is 188 Å². The van der Waals surface area contributed by atoms with E-state index in [9.17, 15) is 0 Å². The summed E-state index contributed by atoms with van der Waals surface area (Å²) in [5.41, 5.74) is 8.57. The highest BCUT2D eigenvalue weighted by molar-refractivity contribution is 6.26. The molecule has 0 N–H and O–H groups in total. The van der Waals surface area contributed by atoms with E-state index in [1.807, 2.05) is 0 Å². The number of fused-ring (bicyclic) bond motifs is 5. The van der Waals surface area contributed by atoms with Gasteiger partial charge in [-0.05, 0) is 135 Å². The maximum absolute atomic E-state index is 2.49. The second-order valence-corrected chi connectivity index (χ2v) is 15.3. The molecule has 0 aliphatic heterocycles. The molecule has 0 saturated heterocycles. The molecule has 13 rings (SSSR count). The number of nitrogens with zero attached hydrogens (tertiary/aromatic N) is 1. The van der Waals surface area contributed by atoms with E-state index in [0.29, 0.717) is 0 Å². The Balaban J connectivity index is 1.06. The highest BCUT2D eigenvalue weighted by Crippen LogP contribution is 2.44. The van der Waals surface area contributed by atoms with Gasteiger partial charge in [-0.25, -0.2) is 0 Å². The van der Waals surface area contributed by atoms with Crippen molar-refractivity contribution >= 4 is 97.2 Å². The Kier molecular flexibility index (Phi) is 5.69. The third kappa shape index (κ3) is 4.02. The molecule has 0 bridgehead atoms. The number of hydrogen-bond acceptors (Lipinski definition) is 0.